The van der Waals surface area contributed by atoms with Crippen LogP contribution in [0.2, 0.25) is 0 Å². The maximum atomic E-state index is 4.10. The van der Waals surface area contributed by atoms with Crippen LogP contribution in [-0.2, 0) is 0 Å². The molecular weight excluding hydrogens is 184 g/mol. The van der Waals surface area contributed by atoms with Gasteiger partial charge in [0.15, 0.2) is 0 Å². The van der Waals surface area contributed by atoms with E-state index >= 15 is 0 Å². The zero-order chi connectivity index (χ0) is 10.5. The van der Waals surface area contributed by atoms with Gasteiger partial charge in [-0.2, -0.15) is 0 Å². The lowest BCUT2D eigenvalue weighted by molar-refractivity contribution is 0.373. The number of nitrogens with zero attached hydrogens (tertiary/aromatic N) is 1. The van der Waals surface area contributed by atoms with Gasteiger partial charge in [0, 0.05) is 24.6 Å². The Kier molecular flexibility index (Phi) is 3.59. The van der Waals surface area contributed by atoms with E-state index in [1.165, 1.54) is 43.4 Å². The standard InChI is InChI=1S/C13H20N2/c1-11-9-14-8-7-13(11)15-10-12-5-3-2-4-6-12/h7-9,12H,2-6,10H2,1H3,(H,14,15). The van der Waals surface area contributed by atoms with Gasteiger partial charge >= 0.3 is 0 Å². The van der Waals surface area contributed by atoms with Crippen molar-refractivity contribution in [3.63, 3.8) is 0 Å². The van der Waals surface area contributed by atoms with Gasteiger partial charge in [-0.15, -0.1) is 0 Å². The first-order valence-electron chi connectivity index (χ1n) is 6.01. The van der Waals surface area contributed by atoms with Crippen LogP contribution in [0.3, 0.4) is 0 Å². The summed E-state index contributed by atoms with van der Waals surface area (Å²) in [5, 5.41) is 3.54. The van der Waals surface area contributed by atoms with Crippen LogP contribution in [0.4, 0.5) is 5.69 Å². The molecule has 1 heterocycles. The van der Waals surface area contributed by atoms with Crippen molar-refractivity contribution in [1.29, 1.82) is 0 Å². The predicted molar refractivity (Wildman–Crippen MR) is 64.0 cm³/mol. The smallest absolute Gasteiger partial charge is 0.0400 e. The van der Waals surface area contributed by atoms with Gasteiger partial charge in [-0.1, -0.05) is 19.3 Å². The van der Waals surface area contributed by atoms with Crippen LogP contribution in [-0.4, -0.2) is 11.5 Å². The van der Waals surface area contributed by atoms with E-state index in [2.05, 4.69) is 23.3 Å². The number of hydrogen-bond donors (Lipinski definition) is 1. The van der Waals surface area contributed by atoms with Crippen molar-refractivity contribution in [1.82, 2.24) is 4.98 Å². The van der Waals surface area contributed by atoms with E-state index in [1.54, 1.807) is 0 Å². The summed E-state index contributed by atoms with van der Waals surface area (Å²) in [5.74, 6) is 0.881. The van der Waals surface area contributed by atoms with Crippen molar-refractivity contribution in [2.75, 3.05) is 11.9 Å². The first-order chi connectivity index (χ1) is 7.36. The third-order valence-electron chi connectivity index (χ3n) is 3.33. The summed E-state index contributed by atoms with van der Waals surface area (Å²) in [6, 6.07) is 2.07. The fourth-order valence-electron chi connectivity index (χ4n) is 2.32. The Bertz CT molecular complexity index is 303. The molecule has 0 saturated heterocycles. The second kappa shape index (κ2) is 5.15. The summed E-state index contributed by atoms with van der Waals surface area (Å²) in [7, 11) is 0. The first-order valence-corrected chi connectivity index (χ1v) is 6.01. The quantitative estimate of drug-likeness (QED) is 0.816. The molecule has 2 nitrogen and oxygen atoms in total. The van der Waals surface area contributed by atoms with E-state index in [9.17, 15) is 0 Å². The molecule has 0 radical (unpaired) electrons. The Labute approximate surface area is 92.1 Å². The molecule has 2 rings (SSSR count). The van der Waals surface area contributed by atoms with Gasteiger partial charge in [-0.05, 0) is 37.3 Å². The second-order valence-corrected chi connectivity index (χ2v) is 4.58. The van der Waals surface area contributed by atoms with Crippen LogP contribution in [0.1, 0.15) is 37.7 Å². The number of rotatable bonds is 3. The third-order valence-corrected chi connectivity index (χ3v) is 3.33. The van der Waals surface area contributed by atoms with Gasteiger partial charge in [-0.3, -0.25) is 4.98 Å². The minimum absolute atomic E-state index is 0.881. The van der Waals surface area contributed by atoms with Gasteiger partial charge < -0.3 is 5.32 Å². The molecule has 15 heavy (non-hydrogen) atoms. The van der Waals surface area contributed by atoms with Crippen LogP contribution in [0.15, 0.2) is 18.5 Å². The van der Waals surface area contributed by atoms with E-state index < -0.39 is 0 Å². The van der Waals surface area contributed by atoms with Crippen molar-refractivity contribution >= 4 is 5.69 Å². The number of pyridine rings is 1. The molecule has 0 aromatic carbocycles. The van der Waals surface area contributed by atoms with Crippen LogP contribution in [0, 0.1) is 12.8 Å². The number of aromatic nitrogens is 1. The minimum atomic E-state index is 0.881. The van der Waals surface area contributed by atoms with Gasteiger partial charge in [0.2, 0.25) is 0 Å². The molecule has 1 aliphatic rings. The molecule has 0 atom stereocenters. The molecule has 2 heteroatoms. The van der Waals surface area contributed by atoms with Gasteiger partial charge in [0.1, 0.15) is 0 Å². The van der Waals surface area contributed by atoms with Crippen LogP contribution in [0.5, 0.6) is 0 Å². The maximum absolute atomic E-state index is 4.10. The van der Waals surface area contributed by atoms with E-state index in [0.29, 0.717) is 0 Å². The predicted octanol–water partition coefficient (Wildman–Crippen LogP) is 3.38. The molecule has 0 spiro atoms. The van der Waals surface area contributed by atoms with Crippen molar-refractivity contribution in [3.8, 4) is 0 Å². The lowest BCUT2D eigenvalue weighted by Crippen LogP contribution is -2.17. The maximum Gasteiger partial charge on any atom is 0.0400 e. The number of nitrogens with one attached hydrogen (secondary N) is 1. The molecule has 1 fully saturated rings. The topological polar surface area (TPSA) is 24.9 Å². The highest BCUT2D eigenvalue weighted by Crippen LogP contribution is 2.24. The highest BCUT2D eigenvalue weighted by Gasteiger charge is 2.12. The SMILES string of the molecule is Cc1cnccc1NCC1CCCCC1. The molecule has 0 aliphatic heterocycles. The monoisotopic (exact) mass is 204 g/mol. The first kappa shape index (κ1) is 10.5. The van der Waals surface area contributed by atoms with E-state index in [-0.39, 0.29) is 0 Å². The van der Waals surface area contributed by atoms with Gasteiger partial charge in [0.05, 0.1) is 0 Å². The fraction of sp³-hybridized carbons (Fsp3) is 0.615. The zero-order valence-corrected chi connectivity index (χ0v) is 9.50. The Morgan fingerprint density at radius 3 is 2.87 bits per heavy atom. The highest BCUT2D eigenvalue weighted by molar-refractivity contribution is 5.48. The molecular formula is C13H20N2. The summed E-state index contributed by atoms with van der Waals surface area (Å²) in [6.45, 7) is 3.24. The normalized spacial score (nSPS) is 17.7. The Hall–Kier alpha value is -1.05. The summed E-state index contributed by atoms with van der Waals surface area (Å²) in [6.07, 6.45) is 10.8. The molecule has 0 amide bonds. The Morgan fingerprint density at radius 1 is 1.33 bits per heavy atom. The lowest BCUT2D eigenvalue weighted by Gasteiger charge is -2.22. The van der Waals surface area contributed by atoms with E-state index in [0.717, 1.165) is 12.5 Å². The molecule has 82 valence electrons. The minimum Gasteiger partial charge on any atom is -0.384 e. The highest BCUT2D eigenvalue weighted by atomic mass is 14.9. The molecule has 1 aliphatic carbocycles. The zero-order valence-electron chi connectivity index (χ0n) is 9.50. The van der Waals surface area contributed by atoms with Crippen LogP contribution < -0.4 is 5.32 Å². The molecule has 1 aromatic heterocycles. The second-order valence-electron chi connectivity index (χ2n) is 4.58. The van der Waals surface area contributed by atoms with Crippen molar-refractivity contribution < 1.29 is 0 Å². The molecule has 1 aromatic rings. The van der Waals surface area contributed by atoms with Gasteiger partial charge in [-0.25, -0.2) is 0 Å². The summed E-state index contributed by atoms with van der Waals surface area (Å²) < 4.78 is 0. The molecule has 1 saturated carbocycles. The number of hydrogen-bond acceptors (Lipinski definition) is 2. The molecule has 1 N–H and O–H groups in total. The Morgan fingerprint density at radius 2 is 2.13 bits per heavy atom. The average Bonchev–Trinajstić information content (AvgIpc) is 2.29. The van der Waals surface area contributed by atoms with E-state index in [1.807, 2.05) is 12.4 Å². The Balaban J connectivity index is 1.84. The van der Waals surface area contributed by atoms with Crippen molar-refractivity contribution in [2.24, 2.45) is 5.92 Å². The van der Waals surface area contributed by atoms with Crippen molar-refractivity contribution in [3.05, 3.63) is 24.0 Å². The molecule has 0 bridgehead atoms. The van der Waals surface area contributed by atoms with Crippen LogP contribution >= 0.6 is 0 Å². The fourth-order valence-corrected chi connectivity index (χ4v) is 2.32. The summed E-state index contributed by atoms with van der Waals surface area (Å²) >= 11 is 0. The number of anilines is 1. The number of aryl methyl sites for hydroxylation is 1. The van der Waals surface area contributed by atoms with E-state index in [4.69, 9.17) is 0 Å². The van der Waals surface area contributed by atoms with Crippen LogP contribution in [0.25, 0.3) is 0 Å². The van der Waals surface area contributed by atoms with Gasteiger partial charge in [0.25, 0.3) is 0 Å². The lowest BCUT2D eigenvalue weighted by atomic mass is 9.89. The third kappa shape index (κ3) is 2.95. The summed E-state index contributed by atoms with van der Waals surface area (Å²) in [4.78, 5) is 4.10. The average molecular weight is 204 g/mol. The van der Waals surface area contributed by atoms with Crippen molar-refractivity contribution in [2.45, 2.75) is 39.0 Å². The largest absolute Gasteiger partial charge is 0.384 e. The summed E-state index contributed by atoms with van der Waals surface area (Å²) in [5.41, 5.74) is 2.49. The molecule has 0 unspecified atom stereocenters.